The molecule has 2 fully saturated rings. The number of piperazine rings is 1. The van der Waals surface area contributed by atoms with E-state index in [1.807, 2.05) is 12.1 Å². The van der Waals surface area contributed by atoms with Gasteiger partial charge in [-0.05, 0) is 18.2 Å². The molecule has 0 N–H and O–H groups in total. The number of rotatable bonds is 4. The first-order chi connectivity index (χ1) is 12.8. The van der Waals surface area contributed by atoms with E-state index >= 15 is 0 Å². The lowest BCUT2D eigenvalue weighted by Crippen LogP contribution is -2.46. The summed E-state index contributed by atoms with van der Waals surface area (Å²) in [6.07, 6.45) is 2.91. The van der Waals surface area contributed by atoms with E-state index in [2.05, 4.69) is 29.9 Å². The van der Waals surface area contributed by atoms with Crippen LogP contribution < -0.4 is 9.80 Å². The minimum atomic E-state index is -0.237. The zero-order valence-corrected chi connectivity index (χ0v) is 14.7. The minimum absolute atomic E-state index is 0.237. The van der Waals surface area contributed by atoms with E-state index in [-0.39, 0.29) is 5.82 Å². The fourth-order valence-electron chi connectivity index (χ4n) is 3.36. The Kier molecular flexibility index (Phi) is 5.21. The summed E-state index contributed by atoms with van der Waals surface area (Å²) in [4.78, 5) is 10.5. The lowest BCUT2D eigenvalue weighted by atomic mass is 10.2. The maximum absolute atomic E-state index is 13.7. The smallest absolute Gasteiger partial charge is 0.151 e. The predicted molar refractivity (Wildman–Crippen MR) is 96.7 cm³/mol. The van der Waals surface area contributed by atoms with Crippen LogP contribution in [0.4, 0.5) is 16.0 Å². The van der Waals surface area contributed by atoms with Gasteiger partial charge in [0.15, 0.2) is 11.6 Å². The molecule has 0 spiro atoms. The Labute approximate surface area is 152 Å². The highest BCUT2D eigenvalue weighted by molar-refractivity contribution is 5.45. The number of hydrogen-bond donors (Lipinski definition) is 0. The Hall–Kier alpha value is -2.32. The number of morpholine rings is 1. The summed E-state index contributed by atoms with van der Waals surface area (Å²) in [7, 11) is 0. The van der Waals surface area contributed by atoms with Crippen LogP contribution in [0.5, 0.6) is 0 Å². The topological polar surface area (TPSA) is 57.6 Å². The van der Waals surface area contributed by atoms with E-state index in [9.17, 15) is 4.39 Å². The predicted octanol–water partition coefficient (Wildman–Crippen LogP) is 1.17. The van der Waals surface area contributed by atoms with Gasteiger partial charge < -0.3 is 14.5 Å². The third kappa shape index (κ3) is 3.91. The quantitative estimate of drug-likeness (QED) is 0.813. The highest BCUT2D eigenvalue weighted by Gasteiger charge is 2.20. The van der Waals surface area contributed by atoms with Crippen molar-refractivity contribution < 1.29 is 9.13 Å². The summed E-state index contributed by atoms with van der Waals surface area (Å²) >= 11 is 0. The van der Waals surface area contributed by atoms with Crippen molar-refractivity contribution in [1.29, 1.82) is 0 Å². The molecule has 2 aliphatic heterocycles. The second kappa shape index (κ2) is 7.92. The van der Waals surface area contributed by atoms with E-state index < -0.39 is 0 Å². The van der Waals surface area contributed by atoms with E-state index in [1.165, 1.54) is 6.20 Å². The van der Waals surface area contributed by atoms with Crippen molar-refractivity contribution in [3.05, 3.63) is 42.0 Å². The second-order valence-electron chi connectivity index (χ2n) is 6.58. The van der Waals surface area contributed by atoms with Crippen LogP contribution in [0.1, 0.15) is 5.56 Å². The maximum atomic E-state index is 13.7. The molecular formula is C18H23FN6O. The minimum Gasteiger partial charge on any atom is -0.378 e. The molecule has 0 atom stereocenters. The Morgan fingerprint density at radius 1 is 0.885 bits per heavy atom. The molecule has 138 valence electrons. The molecule has 2 aromatic heterocycles. The van der Waals surface area contributed by atoms with Gasteiger partial charge in [0.05, 0.1) is 19.4 Å². The number of pyridine rings is 1. The average molecular weight is 358 g/mol. The van der Waals surface area contributed by atoms with Crippen molar-refractivity contribution >= 4 is 11.6 Å². The molecule has 4 rings (SSSR count). The molecule has 8 heteroatoms. The molecule has 0 bridgehead atoms. The first-order valence-corrected chi connectivity index (χ1v) is 9.02. The largest absolute Gasteiger partial charge is 0.378 e. The number of aromatic nitrogens is 3. The third-order valence-electron chi connectivity index (χ3n) is 4.92. The molecular weight excluding hydrogens is 335 g/mol. The summed E-state index contributed by atoms with van der Waals surface area (Å²) < 4.78 is 19.1. The molecule has 4 heterocycles. The van der Waals surface area contributed by atoms with Gasteiger partial charge in [-0.25, -0.2) is 4.39 Å². The van der Waals surface area contributed by atoms with Crippen molar-refractivity contribution in [3.8, 4) is 0 Å². The molecule has 0 saturated carbocycles. The van der Waals surface area contributed by atoms with E-state index in [1.54, 1.807) is 12.3 Å². The number of anilines is 2. The Morgan fingerprint density at radius 2 is 1.54 bits per heavy atom. The molecule has 2 aromatic rings. The van der Waals surface area contributed by atoms with Gasteiger partial charge in [-0.3, -0.25) is 9.88 Å². The molecule has 2 aliphatic rings. The molecule has 0 radical (unpaired) electrons. The SMILES string of the molecule is Fc1cnccc1CN1CCN(c2ccc(N3CCOCC3)nn2)CC1. The monoisotopic (exact) mass is 358 g/mol. The van der Waals surface area contributed by atoms with Gasteiger partial charge in [0.1, 0.15) is 5.82 Å². The van der Waals surface area contributed by atoms with Crippen molar-refractivity contribution in [2.45, 2.75) is 6.54 Å². The summed E-state index contributed by atoms with van der Waals surface area (Å²) in [5.74, 6) is 1.57. The van der Waals surface area contributed by atoms with Crippen molar-refractivity contribution in [1.82, 2.24) is 20.1 Å². The lowest BCUT2D eigenvalue weighted by molar-refractivity contribution is 0.122. The second-order valence-corrected chi connectivity index (χ2v) is 6.58. The lowest BCUT2D eigenvalue weighted by Gasteiger charge is -2.35. The van der Waals surface area contributed by atoms with E-state index in [0.717, 1.165) is 64.1 Å². The summed E-state index contributed by atoms with van der Waals surface area (Å²) in [6, 6.07) is 5.82. The van der Waals surface area contributed by atoms with Crippen LogP contribution in [0.25, 0.3) is 0 Å². The molecule has 0 aliphatic carbocycles. The van der Waals surface area contributed by atoms with Crippen LogP contribution >= 0.6 is 0 Å². The normalized spacial score (nSPS) is 19.0. The number of halogens is 1. The summed E-state index contributed by atoms with van der Waals surface area (Å²) in [6.45, 7) is 7.27. The highest BCUT2D eigenvalue weighted by Crippen LogP contribution is 2.18. The van der Waals surface area contributed by atoms with Crippen molar-refractivity contribution in [2.24, 2.45) is 0 Å². The van der Waals surface area contributed by atoms with E-state index in [4.69, 9.17) is 4.74 Å². The van der Waals surface area contributed by atoms with Gasteiger partial charge in [0, 0.05) is 57.6 Å². The first kappa shape index (κ1) is 17.1. The molecule has 26 heavy (non-hydrogen) atoms. The third-order valence-corrected chi connectivity index (χ3v) is 4.92. The number of hydrogen-bond acceptors (Lipinski definition) is 7. The Morgan fingerprint density at radius 3 is 2.15 bits per heavy atom. The standard InChI is InChI=1S/C18H23FN6O/c19-16-13-20-4-3-15(16)14-23-5-7-24(8-6-23)17-1-2-18(22-21-17)25-9-11-26-12-10-25/h1-4,13H,5-12,14H2. The van der Waals surface area contributed by atoms with Gasteiger partial charge in [0.2, 0.25) is 0 Å². The molecule has 2 saturated heterocycles. The Balaban J connectivity index is 1.32. The maximum Gasteiger partial charge on any atom is 0.151 e. The van der Waals surface area contributed by atoms with Crippen LogP contribution in [0.2, 0.25) is 0 Å². The van der Waals surface area contributed by atoms with Crippen LogP contribution in [-0.2, 0) is 11.3 Å². The first-order valence-electron chi connectivity index (χ1n) is 9.02. The molecule has 7 nitrogen and oxygen atoms in total. The fourth-order valence-corrected chi connectivity index (χ4v) is 3.36. The van der Waals surface area contributed by atoms with E-state index in [0.29, 0.717) is 12.1 Å². The van der Waals surface area contributed by atoms with Crippen LogP contribution in [0.3, 0.4) is 0 Å². The van der Waals surface area contributed by atoms with Crippen LogP contribution in [0.15, 0.2) is 30.6 Å². The van der Waals surface area contributed by atoms with Gasteiger partial charge in [-0.15, -0.1) is 10.2 Å². The Bertz CT molecular complexity index is 714. The van der Waals surface area contributed by atoms with Gasteiger partial charge in [-0.1, -0.05) is 0 Å². The summed E-state index contributed by atoms with van der Waals surface area (Å²) in [5, 5.41) is 8.79. The summed E-state index contributed by atoms with van der Waals surface area (Å²) in [5.41, 5.74) is 0.697. The van der Waals surface area contributed by atoms with Crippen molar-refractivity contribution in [3.63, 3.8) is 0 Å². The fraction of sp³-hybridized carbons (Fsp3) is 0.500. The zero-order chi connectivity index (χ0) is 17.8. The molecule has 0 unspecified atom stereocenters. The zero-order valence-electron chi connectivity index (χ0n) is 14.7. The molecule has 0 amide bonds. The van der Waals surface area contributed by atoms with Crippen molar-refractivity contribution in [2.75, 3.05) is 62.3 Å². The van der Waals surface area contributed by atoms with Gasteiger partial charge in [0.25, 0.3) is 0 Å². The van der Waals surface area contributed by atoms with Gasteiger partial charge in [-0.2, -0.15) is 0 Å². The number of ether oxygens (including phenoxy) is 1. The molecule has 0 aromatic carbocycles. The highest BCUT2D eigenvalue weighted by atomic mass is 19.1. The number of nitrogens with zero attached hydrogens (tertiary/aromatic N) is 6. The van der Waals surface area contributed by atoms with Crippen LogP contribution in [0, 0.1) is 5.82 Å². The van der Waals surface area contributed by atoms with Gasteiger partial charge >= 0.3 is 0 Å². The van der Waals surface area contributed by atoms with Crippen LogP contribution in [-0.4, -0.2) is 72.6 Å². The average Bonchev–Trinajstić information content (AvgIpc) is 2.71.